The first kappa shape index (κ1) is 16.6. The lowest BCUT2D eigenvalue weighted by Crippen LogP contribution is -2.24. The minimum atomic E-state index is -0.624. The van der Waals surface area contributed by atoms with Crippen molar-refractivity contribution in [2.24, 2.45) is 0 Å². The van der Waals surface area contributed by atoms with Gasteiger partial charge in [0.1, 0.15) is 11.5 Å². The van der Waals surface area contributed by atoms with E-state index in [1.807, 2.05) is 0 Å². The lowest BCUT2D eigenvalue weighted by Gasteiger charge is -2.23. The quantitative estimate of drug-likeness (QED) is 0.527. The van der Waals surface area contributed by atoms with E-state index in [4.69, 9.17) is 9.47 Å². The third-order valence-electron chi connectivity index (χ3n) is 3.80. The van der Waals surface area contributed by atoms with Crippen LogP contribution < -0.4 is 9.47 Å². The zero-order valence-corrected chi connectivity index (χ0v) is 13.8. The van der Waals surface area contributed by atoms with Gasteiger partial charge in [-0.05, 0) is 18.6 Å². The number of hydrogen-bond donors (Lipinski definition) is 0. The zero-order chi connectivity index (χ0) is 18.3. The van der Waals surface area contributed by atoms with Crippen molar-refractivity contribution < 1.29 is 28.7 Å². The van der Waals surface area contributed by atoms with Crippen molar-refractivity contribution in [3.05, 3.63) is 58.1 Å². The molecule has 0 aliphatic heterocycles. The summed E-state index contributed by atoms with van der Waals surface area (Å²) in [5.41, 5.74) is 0.709. The van der Waals surface area contributed by atoms with E-state index < -0.39 is 23.5 Å². The standard InChI is InChI=1S/C19H14O6/c1-9-8-14(24-10(2)20)15-16(19(9)25-11(3)21)18(23)13-7-5-4-6-12(13)17(15)22/h4-8H,1-3H3. The first-order chi connectivity index (χ1) is 11.8. The Kier molecular flexibility index (Phi) is 3.96. The first-order valence-electron chi connectivity index (χ1n) is 7.54. The number of rotatable bonds is 2. The average molecular weight is 338 g/mol. The minimum absolute atomic E-state index is 0.00579. The second-order valence-corrected chi connectivity index (χ2v) is 5.66. The molecule has 0 unspecified atom stereocenters. The molecule has 3 rings (SSSR count). The van der Waals surface area contributed by atoms with Gasteiger partial charge < -0.3 is 9.47 Å². The van der Waals surface area contributed by atoms with Gasteiger partial charge in [-0.15, -0.1) is 0 Å². The summed E-state index contributed by atoms with van der Waals surface area (Å²) in [5, 5.41) is 0. The number of carbonyl (C=O) groups is 4. The van der Waals surface area contributed by atoms with Crippen LogP contribution in [0.3, 0.4) is 0 Å². The van der Waals surface area contributed by atoms with Crippen LogP contribution in [-0.4, -0.2) is 23.5 Å². The molecule has 25 heavy (non-hydrogen) atoms. The predicted octanol–water partition coefficient (Wildman–Crippen LogP) is 2.62. The molecule has 6 heteroatoms. The summed E-state index contributed by atoms with van der Waals surface area (Å²) in [6, 6.07) is 7.76. The molecule has 1 aliphatic carbocycles. The fraction of sp³-hybridized carbons (Fsp3) is 0.158. The molecule has 0 amide bonds. The fourth-order valence-electron chi connectivity index (χ4n) is 2.87. The van der Waals surface area contributed by atoms with Crippen molar-refractivity contribution >= 4 is 23.5 Å². The van der Waals surface area contributed by atoms with E-state index in [1.165, 1.54) is 32.0 Å². The molecule has 126 valence electrons. The van der Waals surface area contributed by atoms with Crippen LogP contribution in [0.15, 0.2) is 30.3 Å². The monoisotopic (exact) mass is 338 g/mol. The molecule has 0 aromatic heterocycles. The first-order valence-corrected chi connectivity index (χ1v) is 7.54. The van der Waals surface area contributed by atoms with Crippen molar-refractivity contribution in [3.63, 3.8) is 0 Å². The Hall–Kier alpha value is -3.28. The van der Waals surface area contributed by atoms with Gasteiger partial charge in [0.15, 0.2) is 11.6 Å². The van der Waals surface area contributed by atoms with Crippen LogP contribution in [0.2, 0.25) is 0 Å². The van der Waals surface area contributed by atoms with Crippen molar-refractivity contribution in [3.8, 4) is 11.5 Å². The summed E-state index contributed by atoms with van der Waals surface area (Å²) >= 11 is 0. The second kappa shape index (κ2) is 5.98. The van der Waals surface area contributed by atoms with Crippen LogP contribution in [0.4, 0.5) is 0 Å². The Bertz CT molecular complexity index is 955. The lowest BCUT2D eigenvalue weighted by atomic mass is 9.82. The van der Waals surface area contributed by atoms with Crippen molar-refractivity contribution in [2.75, 3.05) is 0 Å². The molecule has 0 N–H and O–H groups in total. The SMILES string of the molecule is CC(=O)Oc1cc(C)c(OC(C)=O)c2c1C(=O)c1ccccc1C2=O. The molecule has 2 aromatic carbocycles. The maximum Gasteiger partial charge on any atom is 0.308 e. The van der Waals surface area contributed by atoms with Crippen molar-refractivity contribution in [1.29, 1.82) is 0 Å². The van der Waals surface area contributed by atoms with E-state index in [-0.39, 0.29) is 33.8 Å². The summed E-state index contributed by atoms with van der Waals surface area (Å²) in [6.07, 6.45) is 0. The van der Waals surface area contributed by atoms with Crippen molar-refractivity contribution in [1.82, 2.24) is 0 Å². The van der Waals surface area contributed by atoms with Crippen LogP contribution in [-0.2, 0) is 9.59 Å². The van der Waals surface area contributed by atoms with E-state index in [1.54, 1.807) is 19.1 Å². The van der Waals surface area contributed by atoms with Crippen LogP contribution in [0, 0.1) is 6.92 Å². The van der Waals surface area contributed by atoms with Crippen LogP contribution >= 0.6 is 0 Å². The minimum Gasteiger partial charge on any atom is -0.426 e. The Balaban J connectivity index is 2.36. The van der Waals surface area contributed by atoms with E-state index >= 15 is 0 Å². The molecule has 0 heterocycles. The third kappa shape index (κ3) is 2.71. The van der Waals surface area contributed by atoms with Gasteiger partial charge in [-0.3, -0.25) is 19.2 Å². The second-order valence-electron chi connectivity index (χ2n) is 5.66. The summed E-state index contributed by atoms with van der Waals surface area (Å²) in [4.78, 5) is 48.7. The number of hydrogen-bond acceptors (Lipinski definition) is 6. The number of ketones is 2. The number of carbonyl (C=O) groups excluding carboxylic acids is 4. The topological polar surface area (TPSA) is 86.7 Å². The summed E-state index contributed by atoms with van der Waals surface area (Å²) in [7, 11) is 0. The largest absolute Gasteiger partial charge is 0.426 e. The van der Waals surface area contributed by atoms with Gasteiger partial charge in [-0.1, -0.05) is 24.3 Å². The highest BCUT2D eigenvalue weighted by Gasteiger charge is 2.36. The van der Waals surface area contributed by atoms with Gasteiger partial charge in [0.2, 0.25) is 0 Å². The zero-order valence-electron chi connectivity index (χ0n) is 13.8. The summed E-state index contributed by atoms with van der Waals surface area (Å²) in [5.74, 6) is -2.19. The fourth-order valence-corrected chi connectivity index (χ4v) is 2.87. The van der Waals surface area contributed by atoms with Crippen LogP contribution in [0.25, 0.3) is 0 Å². The normalized spacial score (nSPS) is 12.3. The van der Waals surface area contributed by atoms with Gasteiger partial charge in [0, 0.05) is 25.0 Å². The highest BCUT2D eigenvalue weighted by Crippen LogP contribution is 2.41. The highest BCUT2D eigenvalue weighted by molar-refractivity contribution is 6.30. The van der Waals surface area contributed by atoms with E-state index in [9.17, 15) is 19.2 Å². The van der Waals surface area contributed by atoms with Gasteiger partial charge in [-0.25, -0.2) is 0 Å². The van der Waals surface area contributed by atoms with Gasteiger partial charge in [0.25, 0.3) is 0 Å². The van der Waals surface area contributed by atoms with Gasteiger partial charge >= 0.3 is 11.9 Å². The Morgan fingerprint density at radius 3 is 1.88 bits per heavy atom. The number of aryl methyl sites for hydroxylation is 1. The number of benzene rings is 2. The maximum absolute atomic E-state index is 13.0. The molecular formula is C19H14O6. The molecule has 0 bridgehead atoms. The van der Waals surface area contributed by atoms with Crippen LogP contribution in [0.1, 0.15) is 51.3 Å². The molecule has 2 aromatic rings. The van der Waals surface area contributed by atoms with Crippen LogP contribution in [0.5, 0.6) is 11.5 Å². The van der Waals surface area contributed by atoms with E-state index in [0.717, 1.165) is 0 Å². The third-order valence-corrected chi connectivity index (χ3v) is 3.80. The average Bonchev–Trinajstić information content (AvgIpc) is 2.54. The van der Waals surface area contributed by atoms with Crippen molar-refractivity contribution in [2.45, 2.75) is 20.8 Å². The van der Waals surface area contributed by atoms with E-state index in [2.05, 4.69) is 0 Å². The Morgan fingerprint density at radius 2 is 1.36 bits per heavy atom. The highest BCUT2D eigenvalue weighted by atomic mass is 16.5. The molecular weight excluding hydrogens is 324 g/mol. The molecule has 0 fully saturated rings. The Labute approximate surface area is 143 Å². The van der Waals surface area contributed by atoms with Gasteiger partial charge in [-0.2, -0.15) is 0 Å². The molecule has 0 saturated heterocycles. The molecule has 1 aliphatic rings. The Morgan fingerprint density at radius 1 is 0.840 bits per heavy atom. The summed E-state index contributed by atoms with van der Waals surface area (Å²) < 4.78 is 10.3. The number of fused-ring (bicyclic) bond motifs is 2. The predicted molar refractivity (Wildman–Crippen MR) is 87.1 cm³/mol. The number of esters is 2. The molecule has 0 radical (unpaired) electrons. The molecule has 0 saturated carbocycles. The lowest BCUT2D eigenvalue weighted by molar-refractivity contribution is -0.133. The number of ether oxygens (including phenoxy) is 2. The maximum atomic E-state index is 13.0. The van der Waals surface area contributed by atoms with E-state index in [0.29, 0.717) is 5.56 Å². The smallest absolute Gasteiger partial charge is 0.308 e. The molecule has 0 spiro atoms. The molecule has 0 atom stereocenters. The molecule has 6 nitrogen and oxygen atoms in total. The summed E-state index contributed by atoms with van der Waals surface area (Å²) in [6.45, 7) is 4.00. The van der Waals surface area contributed by atoms with Gasteiger partial charge in [0.05, 0.1) is 11.1 Å².